The van der Waals surface area contributed by atoms with Gasteiger partial charge in [-0.15, -0.1) is 0 Å². The second-order valence-corrected chi connectivity index (χ2v) is 6.55. The number of likely N-dealkylation sites (tertiary alicyclic amines) is 1. The number of phenols is 1. The van der Waals surface area contributed by atoms with E-state index in [0.29, 0.717) is 17.9 Å². The molecule has 0 aliphatic carbocycles. The van der Waals surface area contributed by atoms with Crippen molar-refractivity contribution in [2.24, 2.45) is 4.99 Å². The number of benzene rings is 2. The first kappa shape index (κ1) is 17.5. The molecule has 1 aliphatic heterocycles. The number of methoxy groups -OCH3 is 1. The molecule has 0 atom stereocenters. The Morgan fingerprint density at radius 3 is 2.48 bits per heavy atom. The number of aliphatic imine (C=N–C) groups is 1. The summed E-state index contributed by atoms with van der Waals surface area (Å²) in [6, 6.07) is 13.8. The van der Waals surface area contributed by atoms with Crippen molar-refractivity contribution >= 4 is 6.21 Å². The maximum absolute atomic E-state index is 9.87. The third kappa shape index (κ3) is 5.07. The first-order chi connectivity index (χ1) is 12.2. The summed E-state index contributed by atoms with van der Waals surface area (Å²) < 4.78 is 5.17. The average molecular weight is 338 g/mol. The highest BCUT2D eigenvalue weighted by molar-refractivity contribution is 5.84. The standard InChI is InChI=1S/C21H26N2O2/c1-25-20-9-10-21(24)19(13-20)15-22-14-17-5-7-18(8-6-17)16-23-11-3-2-4-12-23/h5-10,13,15,24H,2-4,11-12,14,16H2,1H3. The number of aromatic hydroxyl groups is 1. The van der Waals surface area contributed by atoms with Crippen molar-refractivity contribution in [3.8, 4) is 11.5 Å². The Kier molecular flexibility index (Phi) is 6.07. The van der Waals surface area contributed by atoms with E-state index in [4.69, 9.17) is 4.74 Å². The molecular formula is C21H26N2O2. The molecule has 0 bridgehead atoms. The molecule has 2 aromatic rings. The van der Waals surface area contributed by atoms with Crippen molar-refractivity contribution in [3.05, 3.63) is 59.2 Å². The lowest BCUT2D eigenvalue weighted by atomic mass is 10.1. The van der Waals surface area contributed by atoms with E-state index >= 15 is 0 Å². The SMILES string of the molecule is COc1ccc(O)c(C=NCc2ccc(CN3CCCCC3)cc2)c1. The number of hydrogen-bond donors (Lipinski definition) is 1. The molecule has 2 aromatic carbocycles. The summed E-state index contributed by atoms with van der Waals surface area (Å²) in [6.07, 6.45) is 5.71. The summed E-state index contributed by atoms with van der Waals surface area (Å²) in [7, 11) is 1.61. The van der Waals surface area contributed by atoms with Crippen LogP contribution in [0.25, 0.3) is 0 Å². The van der Waals surface area contributed by atoms with Crippen LogP contribution in [-0.2, 0) is 13.1 Å². The van der Waals surface area contributed by atoms with Gasteiger partial charge in [0.15, 0.2) is 0 Å². The molecule has 1 saturated heterocycles. The third-order valence-corrected chi connectivity index (χ3v) is 4.62. The third-order valence-electron chi connectivity index (χ3n) is 4.62. The van der Waals surface area contributed by atoms with Gasteiger partial charge in [-0.1, -0.05) is 30.7 Å². The number of ether oxygens (including phenoxy) is 1. The summed E-state index contributed by atoms with van der Waals surface area (Å²) in [4.78, 5) is 6.97. The van der Waals surface area contributed by atoms with Gasteiger partial charge in [-0.3, -0.25) is 9.89 Å². The van der Waals surface area contributed by atoms with E-state index in [0.717, 1.165) is 6.54 Å². The Labute approximate surface area is 149 Å². The molecule has 4 nitrogen and oxygen atoms in total. The molecule has 0 saturated carbocycles. The minimum absolute atomic E-state index is 0.210. The minimum atomic E-state index is 0.210. The topological polar surface area (TPSA) is 45.1 Å². The molecule has 1 N–H and O–H groups in total. The molecule has 4 heteroatoms. The molecule has 25 heavy (non-hydrogen) atoms. The molecule has 132 valence electrons. The summed E-state index contributed by atoms with van der Waals surface area (Å²) in [5.74, 6) is 0.919. The van der Waals surface area contributed by atoms with Crippen LogP contribution in [0.15, 0.2) is 47.5 Å². The van der Waals surface area contributed by atoms with Crippen LogP contribution in [-0.4, -0.2) is 36.4 Å². The van der Waals surface area contributed by atoms with Crippen LogP contribution in [0.3, 0.4) is 0 Å². The smallest absolute Gasteiger partial charge is 0.124 e. The van der Waals surface area contributed by atoms with Crippen LogP contribution in [0.1, 0.15) is 36.0 Å². The van der Waals surface area contributed by atoms with E-state index in [9.17, 15) is 5.11 Å². The van der Waals surface area contributed by atoms with Crippen molar-refractivity contribution in [2.45, 2.75) is 32.4 Å². The highest BCUT2D eigenvalue weighted by Crippen LogP contribution is 2.21. The first-order valence-corrected chi connectivity index (χ1v) is 8.91. The van der Waals surface area contributed by atoms with Crippen molar-refractivity contribution in [2.75, 3.05) is 20.2 Å². The van der Waals surface area contributed by atoms with Crippen molar-refractivity contribution in [3.63, 3.8) is 0 Å². The highest BCUT2D eigenvalue weighted by atomic mass is 16.5. The predicted molar refractivity (Wildman–Crippen MR) is 102 cm³/mol. The van der Waals surface area contributed by atoms with Gasteiger partial charge in [-0.2, -0.15) is 0 Å². The van der Waals surface area contributed by atoms with Gasteiger partial charge in [0.1, 0.15) is 11.5 Å². The van der Waals surface area contributed by atoms with Gasteiger partial charge in [0, 0.05) is 18.3 Å². The Morgan fingerprint density at radius 2 is 1.76 bits per heavy atom. The van der Waals surface area contributed by atoms with Gasteiger partial charge in [0.25, 0.3) is 0 Å². The van der Waals surface area contributed by atoms with Gasteiger partial charge in [-0.05, 0) is 55.3 Å². The fourth-order valence-corrected chi connectivity index (χ4v) is 3.14. The molecule has 1 heterocycles. The van der Waals surface area contributed by atoms with Crippen LogP contribution in [0.5, 0.6) is 11.5 Å². The number of piperidine rings is 1. The molecule has 1 aliphatic rings. The fraction of sp³-hybridized carbons (Fsp3) is 0.381. The number of hydrogen-bond acceptors (Lipinski definition) is 4. The Hall–Kier alpha value is -2.33. The summed E-state index contributed by atoms with van der Waals surface area (Å²) >= 11 is 0. The second kappa shape index (κ2) is 8.67. The van der Waals surface area contributed by atoms with E-state index in [-0.39, 0.29) is 5.75 Å². The Balaban J connectivity index is 1.56. The van der Waals surface area contributed by atoms with Crippen molar-refractivity contribution < 1.29 is 9.84 Å². The van der Waals surface area contributed by atoms with Crippen LogP contribution in [0.4, 0.5) is 0 Å². The number of phenolic OH excluding ortho intramolecular Hbond substituents is 1. The Morgan fingerprint density at radius 1 is 1.04 bits per heavy atom. The predicted octanol–water partition coefficient (Wildman–Crippen LogP) is 4.01. The lowest BCUT2D eigenvalue weighted by Gasteiger charge is -2.26. The normalized spacial score (nSPS) is 15.6. The van der Waals surface area contributed by atoms with Gasteiger partial charge < -0.3 is 9.84 Å². The largest absolute Gasteiger partial charge is 0.507 e. The van der Waals surface area contributed by atoms with Crippen molar-refractivity contribution in [1.29, 1.82) is 0 Å². The van der Waals surface area contributed by atoms with Crippen molar-refractivity contribution in [1.82, 2.24) is 4.90 Å². The van der Waals surface area contributed by atoms with E-state index in [1.807, 2.05) is 0 Å². The van der Waals surface area contributed by atoms with Gasteiger partial charge in [0.05, 0.1) is 13.7 Å². The summed E-state index contributed by atoms with van der Waals surface area (Å²) in [6.45, 7) is 4.08. The average Bonchev–Trinajstić information content (AvgIpc) is 2.65. The van der Waals surface area contributed by atoms with Crippen LogP contribution >= 0.6 is 0 Å². The van der Waals surface area contributed by atoms with Gasteiger partial charge in [-0.25, -0.2) is 0 Å². The molecule has 3 rings (SSSR count). The maximum Gasteiger partial charge on any atom is 0.124 e. The van der Waals surface area contributed by atoms with Crippen LogP contribution in [0.2, 0.25) is 0 Å². The van der Waals surface area contributed by atoms with E-state index in [1.54, 1.807) is 31.5 Å². The molecule has 0 aromatic heterocycles. The molecule has 0 spiro atoms. The summed E-state index contributed by atoms with van der Waals surface area (Å²) in [5.41, 5.74) is 3.20. The zero-order valence-corrected chi connectivity index (χ0v) is 14.8. The Bertz CT molecular complexity index is 704. The molecule has 0 unspecified atom stereocenters. The van der Waals surface area contributed by atoms with E-state index < -0.39 is 0 Å². The van der Waals surface area contributed by atoms with Gasteiger partial charge in [0.2, 0.25) is 0 Å². The van der Waals surface area contributed by atoms with E-state index in [2.05, 4.69) is 34.2 Å². The second-order valence-electron chi connectivity index (χ2n) is 6.55. The maximum atomic E-state index is 9.87. The highest BCUT2D eigenvalue weighted by Gasteiger charge is 2.10. The first-order valence-electron chi connectivity index (χ1n) is 8.91. The summed E-state index contributed by atoms with van der Waals surface area (Å²) in [5, 5.41) is 9.87. The molecule has 1 fully saturated rings. The molecule has 0 radical (unpaired) electrons. The monoisotopic (exact) mass is 338 g/mol. The minimum Gasteiger partial charge on any atom is -0.507 e. The lowest BCUT2D eigenvalue weighted by molar-refractivity contribution is 0.221. The van der Waals surface area contributed by atoms with E-state index in [1.165, 1.54) is 43.5 Å². The number of nitrogens with zero attached hydrogens (tertiary/aromatic N) is 2. The van der Waals surface area contributed by atoms with Gasteiger partial charge >= 0.3 is 0 Å². The lowest BCUT2D eigenvalue weighted by Crippen LogP contribution is -2.29. The molecular weight excluding hydrogens is 312 g/mol. The zero-order valence-electron chi connectivity index (χ0n) is 14.8. The van der Waals surface area contributed by atoms with Crippen LogP contribution < -0.4 is 4.74 Å². The molecule has 0 amide bonds. The fourth-order valence-electron chi connectivity index (χ4n) is 3.14. The van der Waals surface area contributed by atoms with Crippen LogP contribution in [0, 0.1) is 0 Å². The quantitative estimate of drug-likeness (QED) is 0.810. The number of rotatable bonds is 6. The zero-order chi connectivity index (χ0) is 17.5.